The lowest BCUT2D eigenvalue weighted by atomic mass is 10.0. The minimum atomic E-state index is -0.109. The maximum absolute atomic E-state index is 13.3. The van der Waals surface area contributed by atoms with E-state index < -0.39 is 0 Å². The van der Waals surface area contributed by atoms with Crippen LogP contribution < -0.4 is 5.32 Å². The molecule has 0 fully saturated rings. The van der Waals surface area contributed by atoms with Crippen LogP contribution in [0.4, 0.5) is 11.4 Å². The Kier molecular flexibility index (Phi) is 3.69. The number of nitrogens with one attached hydrogen (secondary N) is 2. The molecule has 0 bridgehead atoms. The topological polar surface area (TPSA) is 75.6 Å². The lowest BCUT2D eigenvalue weighted by Gasteiger charge is -2.11. The van der Waals surface area contributed by atoms with Crippen molar-refractivity contribution >= 4 is 39.0 Å². The van der Waals surface area contributed by atoms with Crippen molar-refractivity contribution in [3.05, 3.63) is 84.2 Å². The Hall–Kier alpha value is -3.93. The summed E-state index contributed by atoms with van der Waals surface area (Å²) in [6, 6.07) is 21.2. The molecule has 0 aliphatic heterocycles. The van der Waals surface area contributed by atoms with E-state index in [4.69, 9.17) is 0 Å². The Morgan fingerprint density at radius 2 is 1.86 bits per heavy atom. The van der Waals surface area contributed by atoms with Gasteiger partial charge in [0.15, 0.2) is 0 Å². The van der Waals surface area contributed by atoms with Crippen LogP contribution >= 0.6 is 0 Å². The van der Waals surface area contributed by atoms with Gasteiger partial charge in [0.2, 0.25) is 5.78 Å². The van der Waals surface area contributed by atoms with Gasteiger partial charge in [0.1, 0.15) is 5.69 Å². The van der Waals surface area contributed by atoms with Gasteiger partial charge in [-0.1, -0.05) is 30.3 Å². The smallest absolute Gasteiger partial charge is 0.215 e. The van der Waals surface area contributed by atoms with Crippen molar-refractivity contribution in [1.82, 2.24) is 20.0 Å². The van der Waals surface area contributed by atoms with Crippen molar-refractivity contribution < 1.29 is 4.79 Å². The molecule has 0 aliphatic rings. The van der Waals surface area contributed by atoms with Crippen LogP contribution in [-0.2, 0) is 7.05 Å². The van der Waals surface area contributed by atoms with E-state index in [1.54, 1.807) is 10.9 Å². The van der Waals surface area contributed by atoms with Crippen LogP contribution in [0.5, 0.6) is 0 Å². The van der Waals surface area contributed by atoms with Gasteiger partial charge in [-0.25, -0.2) is 0 Å². The molecule has 6 nitrogen and oxygen atoms in total. The molecule has 0 spiro atoms. The van der Waals surface area contributed by atoms with E-state index in [1.165, 1.54) is 0 Å². The summed E-state index contributed by atoms with van der Waals surface area (Å²) in [5.74, 6) is -0.109. The molecule has 28 heavy (non-hydrogen) atoms. The Morgan fingerprint density at radius 3 is 2.79 bits per heavy atom. The number of aromatic nitrogens is 4. The van der Waals surface area contributed by atoms with Gasteiger partial charge in [-0.2, -0.15) is 10.2 Å². The number of hydrogen-bond acceptors (Lipinski definition) is 4. The van der Waals surface area contributed by atoms with Crippen molar-refractivity contribution in [2.75, 3.05) is 5.32 Å². The van der Waals surface area contributed by atoms with Crippen molar-refractivity contribution in [2.45, 2.75) is 0 Å². The molecular weight excluding hydrogens is 350 g/mol. The van der Waals surface area contributed by atoms with Gasteiger partial charge < -0.3 is 5.32 Å². The van der Waals surface area contributed by atoms with E-state index in [0.29, 0.717) is 11.3 Å². The molecule has 6 heteroatoms. The first-order valence-corrected chi connectivity index (χ1v) is 8.96. The van der Waals surface area contributed by atoms with Crippen LogP contribution in [0.1, 0.15) is 16.1 Å². The van der Waals surface area contributed by atoms with Crippen LogP contribution in [0.25, 0.3) is 21.8 Å². The summed E-state index contributed by atoms with van der Waals surface area (Å²) in [7, 11) is 1.85. The quantitative estimate of drug-likeness (QED) is 0.461. The van der Waals surface area contributed by atoms with Crippen LogP contribution in [0.2, 0.25) is 0 Å². The number of aromatic amines is 1. The van der Waals surface area contributed by atoms with Crippen LogP contribution in [0.3, 0.4) is 0 Å². The number of rotatable bonds is 4. The highest BCUT2D eigenvalue weighted by Gasteiger charge is 2.20. The van der Waals surface area contributed by atoms with Crippen molar-refractivity contribution in [3.63, 3.8) is 0 Å². The summed E-state index contributed by atoms with van der Waals surface area (Å²) < 4.78 is 1.74. The second-order valence-electron chi connectivity index (χ2n) is 6.66. The molecule has 3 aromatic carbocycles. The number of H-pyrrole nitrogens is 1. The van der Waals surface area contributed by atoms with E-state index in [9.17, 15) is 4.79 Å². The monoisotopic (exact) mass is 367 g/mol. The third kappa shape index (κ3) is 2.63. The number of hydrogen-bond donors (Lipinski definition) is 2. The summed E-state index contributed by atoms with van der Waals surface area (Å²) in [4.78, 5) is 13.3. The predicted octanol–water partition coefficient (Wildman–Crippen LogP) is 4.42. The van der Waals surface area contributed by atoms with E-state index in [-0.39, 0.29) is 5.78 Å². The summed E-state index contributed by atoms with van der Waals surface area (Å²) in [5, 5.41) is 16.7. The third-order valence-corrected chi connectivity index (χ3v) is 4.87. The van der Waals surface area contributed by atoms with Gasteiger partial charge in [-0.3, -0.25) is 14.6 Å². The average molecular weight is 367 g/mol. The van der Waals surface area contributed by atoms with E-state index in [0.717, 1.165) is 33.2 Å². The minimum Gasteiger partial charge on any atom is -0.355 e. The normalized spacial score (nSPS) is 11.2. The summed E-state index contributed by atoms with van der Waals surface area (Å²) >= 11 is 0. The van der Waals surface area contributed by atoms with E-state index in [1.807, 2.05) is 73.8 Å². The van der Waals surface area contributed by atoms with Crippen LogP contribution in [0, 0.1) is 0 Å². The zero-order valence-corrected chi connectivity index (χ0v) is 15.2. The van der Waals surface area contributed by atoms with Gasteiger partial charge in [-0.15, -0.1) is 0 Å². The molecule has 136 valence electrons. The van der Waals surface area contributed by atoms with E-state index >= 15 is 0 Å². The fourth-order valence-electron chi connectivity index (χ4n) is 3.47. The van der Waals surface area contributed by atoms with Gasteiger partial charge in [0.25, 0.3) is 0 Å². The molecule has 5 rings (SSSR count). The lowest BCUT2D eigenvalue weighted by Crippen LogP contribution is -2.07. The fraction of sp³-hybridized carbons (Fsp3) is 0.0455. The molecule has 0 radical (unpaired) electrons. The van der Waals surface area contributed by atoms with Gasteiger partial charge in [0, 0.05) is 34.8 Å². The highest BCUT2D eigenvalue weighted by molar-refractivity contribution is 6.17. The number of aryl methyl sites for hydroxylation is 1. The van der Waals surface area contributed by atoms with E-state index in [2.05, 4.69) is 20.6 Å². The van der Waals surface area contributed by atoms with Crippen molar-refractivity contribution in [3.8, 4) is 0 Å². The highest BCUT2D eigenvalue weighted by atomic mass is 16.1. The lowest BCUT2D eigenvalue weighted by molar-refractivity contribution is 0.103. The third-order valence-electron chi connectivity index (χ3n) is 4.87. The summed E-state index contributed by atoms with van der Waals surface area (Å²) in [5.41, 5.74) is 4.52. The molecule has 2 heterocycles. The van der Waals surface area contributed by atoms with Gasteiger partial charge >= 0.3 is 0 Å². The number of benzene rings is 3. The first kappa shape index (κ1) is 16.3. The van der Waals surface area contributed by atoms with Crippen molar-refractivity contribution in [1.29, 1.82) is 0 Å². The Balaban J connectivity index is 1.56. The second kappa shape index (κ2) is 6.35. The molecule has 2 aromatic heterocycles. The zero-order chi connectivity index (χ0) is 19.1. The SMILES string of the molecule is Cn1nc(C(=O)c2ccccc2Nc2ccc3cn[nH]c3c2)c2ccccc21. The molecule has 5 aromatic rings. The molecule has 2 N–H and O–H groups in total. The van der Waals surface area contributed by atoms with Gasteiger partial charge in [-0.05, 0) is 36.4 Å². The molecular formula is C22H17N5O. The molecule has 0 saturated heterocycles. The molecule has 0 atom stereocenters. The largest absolute Gasteiger partial charge is 0.355 e. The summed E-state index contributed by atoms with van der Waals surface area (Å²) in [6.07, 6.45) is 1.78. The molecule has 0 saturated carbocycles. The first-order valence-electron chi connectivity index (χ1n) is 8.96. The average Bonchev–Trinajstić information content (AvgIpc) is 3.32. The van der Waals surface area contributed by atoms with Gasteiger partial charge in [0.05, 0.1) is 17.2 Å². The number of para-hydroxylation sites is 2. The molecule has 0 aliphatic carbocycles. The molecule has 0 amide bonds. The Morgan fingerprint density at radius 1 is 1.04 bits per heavy atom. The highest BCUT2D eigenvalue weighted by Crippen LogP contribution is 2.27. The number of carbonyl (C=O) groups is 1. The number of carbonyl (C=O) groups excluding carboxylic acids is 1. The number of ketones is 1. The maximum Gasteiger partial charge on any atom is 0.215 e. The Labute approximate surface area is 160 Å². The predicted molar refractivity (Wildman–Crippen MR) is 110 cm³/mol. The van der Waals surface area contributed by atoms with Crippen LogP contribution in [0.15, 0.2) is 72.9 Å². The van der Waals surface area contributed by atoms with Crippen LogP contribution in [-0.4, -0.2) is 25.8 Å². The number of nitrogens with zero attached hydrogens (tertiary/aromatic N) is 3. The number of anilines is 2. The first-order chi connectivity index (χ1) is 13.7. The summed E-state index contributed by atoms with van der Waals surface area (Å²) in [6.45, 7) is 0. The molecule has 0 unspecified atom stereocenters. The van der Waals surface area contributed by atoms with Crippen molar-refractivity contribution in [2.24, 2.45) is 7.05 Å². The Bertz CT molecular complexity index is 1330. The number of fused-ring (bicyclic) bond motifs is 2. The second-order valence-corrected chi connectivity index (χ2v) is 6.66. The standard InChI is InChI=1S/C22H17N5O/c1-27-20-9-5-3-7-17(20)21(26-27)22(28)16-6-2-4-8-18(16)24-15-11-10-14-13-23-25-19(14)12-15/h2-13,24H,1H3,(H,23,25). The maximum atomic E-state index is 13.3. The zero-order valence-electron chi connectivity index (χ0n) is 15.2. The minimum absolute atomic E-state index is 0.109. The fourth-order valence-corrected chi connectivity index (χ4v) is 3.47.